The van der Waals surface area contributed by atoms with Crippen molar-refractivity contribution in [1.29, 1.82) is 0 Å². The monoisotopic (exact) mass is 504 g/mol. The average Bonchev–Trinajstić information content (AvgIpc) is 2.89. The van der Waals surface area contributed by atoms with Crippen LogP contribution in [0, 0.1) is 0 Å². The predicted molar refractivity (Wildman–Crippen MR) is 136 cm³/mol. The summed E-state index contributed by atoms with van der Waals surface area (Å²) in [5, 5.41) is 0. The van der Waals surface area contributed by atoms with E-state index in [9.17, 15) is 16.8 Å². The van der Waals surface area contributed by atoms with Crippen LogP contribution in [0.25, 0.3) is 11.1 Å². The molecule has 2 aromatic carbocycles. The molecule has 4 rings (SSSR count). The lowest BCUT2D eigenvalue weighted by Gasteiger charge is -2.30. The molecule has 0 amide bonds. The zero-order valence-corrected chi connectivity index (χ0v) is 21.8. The molecule has 0 atom stereocenters. The highest BCUT2D eigenvalue weighted by atomic mass is 32.2. The van der Waals surface area contributed by atoms with Crippen LogP contribution in [0.2, 0.25) is 0 Å². The summed E-state index contributed by atoms with van der Waals surface area (Å²) >= 11 is 0. The summed E-state index contributed by atoms with van der Waals surface area (Å²) in [6.45, 7) is 0. The Balaban J connectivity index is 1.49. The van der Waals surface area contributed by atoms with Gasteiger partial charge in [-0.05, 0) is 61.1 Å². The lowest BCUT2D eigenvalue weighted by atomic mass is 9.96. The standard InChI is InChI=1S/C26H36N2O4S2/c1-27(23-9-5-3-6-10-23)33(29,30)25-17-13-21(14-18-25)22-15-19-26(20-16-22)34(31,32)28(2)24-11-7-4-8-12-24/h13-20,23-24H,3-12H2,1-2H3. The Morgan fingerprint density at radius 3 is 1.12 bits per heavy atom. The number of nitrogens with zero attached hydrogens (tertiary/aromatic N) is 2. The van der Waals surface area contributed by atoms with Gasteiger partial charge in [0.05, 0.1) is 9.79 Å². The van der Waals surface area contributed by atoms with Gasteiger partial charge in [-0.15, -0.1) is 0 Å². The number of rotatable bonds is 7. The number of benzene rings is 2. The zero-order valence-electron chi connectivity index (χ0n) is 20.2. The van der Waals surface area contributed by atoms with Crippen LogP contribution in [0.4, 0.5) is 0 Å². The van der Waals surface area contributed by atoms with E-state index in [4.69, 9.17) is 0 Å². The third kappa shape index (κ3) is 5.25. The van der Waals surface area contributed by atoms with Crippen LogP contribution in [-0.2, 0) is 20.0 Å². The second-order valence-corrected chi connectivity index (χ2v) is 13.7. The molecule has 0 spiro atoms. The molecular formula is C26H36N2O4S2. The molecule has 2 aliphatic rings. The van der Waals surface area contributed by atoms with Crippen LogP contribution in [0.5, 0.6) is 0 Å². The van der Waals surface area contributed by atoms with Crippen molar-refractivity contribution in [3.8, 4) is 11.1 Å². The van der Waals surface area contributed by atoms with Gasteiger partial charge < -0.3 is 0 Å². The van der Waals surface area contributed by atoms with Crippen LogP contribution in [0.15, 0.2) is 58.3 Å². The average molecular weight is 505 g/mol. The first-order chi connectivity index (χ1) is 16.2. The van der Waals surface area contributed by atoms with E-state index < -0.39 is 20.0 Å². The van der Waals surface area contributed by atoms with E-state index in [1.165, 1.54) is 21.5 Å². The van der Waals surface area contributed by atoms with E-state index in [1.807, 2.05) is 0 Å². The Morgan fingerprint density at radius 1 is 0.529 bits per heavy atom. The molecule has 0 saturated heterocycles. The third-order valence-corrected chi connectivity index (χ3v) is 11.4. The largest absolute Gasteiger partial charge is 0.243 e. The summed E-state index contributed by atoms with van der Waals surface area (Å²) in [5.41, 5.74) is 1.70. The fourth-order valence-electron chi connectivity index (χ4n) is 5.25. The van der Waals surface area contributed by atoms with E-state index in [0.29, 0.717) is 0 Å². The highest BCUT2D eigenvalue weighted by Gasteiger charge is 2.30. The van der Waals surface area contributed by atoms with Crippen molar-refractivity contribution in [2.45, 2.75) is 86.1 Å². The lowest BCUT2D eigenvalue weighted by Crippen LogP contribution is -2.38. The molecule has 34 heavy (non-hydrogen) atoms. The van der Waals surface area contributed by atoms with E-state index in [1.54, 1.807) is 62.6 Å². The summed E-state index contributed by atoms with van der Waals surface area (Å²) in [5.74, 6) is 0. The van der Waals surface area contributed by atoms with Crippen LogP contribution >= 0.6 is 0 Å². The summed E-state index contributed by atoms with van der Waals surface area (Å²) in [7, 11) is -3.70. The highest BCUT2D eigenvalue weighted by Crippen LogP contribution is 2.30. The molecule has 0 aliphatic heterocycles. The summed E-state index contributed by atoms with van der Waals surface area (Å²) in [4.78, 5) is 0.579. The maximum absolute atomic E-state index is 13.1. The minimum atomic E-state index is -3.54. The van der Waals surface area contributed by atoms with E-state index in [-0.39, 0.29) is 21.9 Å². The first-order valence-corrected chi connectivity index (χ1v) is 15.3. The number of hydrogen-bond donors (Lipinski definition) is 0. The molecule has 2 saturated carbocycles. The maximum atomic E-state index is 13.1. The van der Waals surface area contributed by atoms with Gasteiger partial charge >= 0.3 is 0 Å². The van der Waals surface area contributed by atoms with Gasteiger partial charge in [-0.25, -0.2) is 16.8 Å². The first-order valence-electron chi connectivity index (χ1n) is 12.4. The van der Waals surface area contributed by atoms with Gasteiger partial charge in [0, 0.05) is 26.2 Å². The molecule has 2 aromatic rings. The summed E-state index contributed by atoms with van der Waals surface area (Å²) in [6, 6.07) is 13.9. The normalized spacial score (nSPS) is 19.1. The molecule has 186 valence electrons. The molecule has 2 fully saturated rings. The molecule has 6 nitrogen and oxygen atoms in total. The predicted octanol–water partition coefficient (Wildman–Crippen LogP) is 5.26. The van der Waals surface area contributed by atoms with E-state index in [0.717, 1.165) is 62.5 Å². The van der Waals surface area contributed by atoms with Crippen molar-refractivity contribution in [2.24, 2.45) is 0 Å². The van der Waals surface area contributed by atoms with Crippen molar-refractivity contribution in [3.05, 3.63) is 48.5 Å². The van der Waals surface area contributed by atoms with Gasteiger partial charge in [0.2, 0.25) is 20.0 Å². The Kier molecular flexibility index (Phi) is 7.82. The molecular weight excluding hydrogens is 468 g/mol. The lowest BCUT2D eigenvalue weighted by molar-refractivity contribution is 0.285. The summed E-state index contributed by atoms with van der Waals surface area (Å²) < 4.78 is 55.4. The Morgan fingerprint density at radius 2 is 0.824 bits per heavy atom. The number of hydrogen-bond acceptors (Lipinski definition) is 4. The molecule has 8 heteroatoms. The van der Waals surface area contributed by atoms with Crippen molar-refractivity contribution >= 4 is 20.0 Å². The van der Waals surface area contributed by atoms with Crippen LogP contribution in [0.1, 0.15) is 64.2 Å². The quantitative estimate of drug-likeness (QED) is 0.515. The van der Waals surface area contributed by atoms with Gasteiger partial charge in [0.15, 0.2) is 0 Å². The zero-order chi connectivity index (χ0) is 24.3. The molecule has 0 radical (unpaired) electrons. The van der Waals surface area contributed by atoms with Gasteiger partial charge in [-0.2, -0.15) is 8.61 Å². The summed E-state index contributed by atoms with van der Waals surface area (Å²) in [6.07, 6.45) is 10.3. The van der Waals surface area contributed by atoms with Crippen molar-refractivity contribution in [2.75, 3.05) is 14.1 Å². The second kappa shape index (κ2) is 10.5. The van der Waals surface area contributed by atoms with Crippen LogP contribution < -0.4 is 0 Å². The fraction of sp³-hybridized carbons (Fsp3) is 0.538. The molecule has 0 aromatic heterocycles. The molecule has 0 N–H and O–H groups in total. The molecule has 0 heterocycles. The molecule has 2 aliphatic carbocycles. The van der Waals surface area contributed by atoms with Gasteiger partial charge in [-0.1, -0.05) is 62.8 Å². The SMILES string of the molecule is CN(C1CCCCC1)S(=O)(=O)c1ccc(-c2ccc(S(=O)(=O)N(C)C3CCCCC3)cc2)cc1. The van der Waals surface area contributed by atoms with E-state index in [2.05, 4.69) is 0 Å². The maximum Gasteiger partial charge on any atom is 0.243 e. The first kappa shape index (κ1) is 25.4. The smallest absolute Gasteiger partial charge is 0.207 e. The van der Waals surface area contributed by atoms with Crippen molar-refractivity contribution < 1.29 is 16.8 Å². The van der Waals surface area contributed by atoms with Crippen LogP contribution in [0.3, 0.4) is 0 Å². The fourth-order valence-corrected chi connectivity index (χ4v) is 8.08. The second-order valence-electron chi connectivity index (χ2n) is 9.67. The van der Waals surface area contributed by atoms with Crippen molar-refractivity contribution in [1.82, 2.24) is 8.61 Å². The third-order valence-electron chi connectivity index (χ3n) is 7.57. The molecule has 0 unspecified atom stereocenters. The Bertz CT molecular complexity index is 1070. The van der Waals surface area contributed by atoms with Gasteiger partial charge in [-0.3, -0.25) is 0 Å². The minimum Gasteiger partial charge on any atom is -0.207 e. The minimum absolute atomic E-state index is 0.0691. The van der Waals surface area contributed by atoms with Gasteiger partial charge in [0.25, 0.3) is 0 Å². The molecule has 0 bridgehead atoms. The Labute approximate surface area is 205 Å². The topological polar surface area (TPSA) is 74.8 Å². The number of sulfonamides is 2. The van der Waals surface area contributed by atoms with Crippen molar-refractivity contribution in [3.63, 3.8) is 0 Å². The van der Waals surface area contributed by atoms with Crippen LogP contribution in [-0.4, -0.2) is 51.6 Å². The van der Waals surface area contributed by atoms with Gasteiger partial charge in [0.1, 0.15) is 0 Å². The Hall–Kier alpha value is -1.74. The highest BCUT2D eigenvalue weighted by molar-refractivity contribution is 7.89. The van der Waals surface area contributed by atoms with E-state index >= 15 is 0 Å².